The van der Waals surface area contributed by atoms with Crippen molar-refractivity contribution in [2.75, 3.05) is 19.8 Å². The van der Waals surface area contributed by atoms with Gasteiger partial charge in [-0.2, -0.15) is 0 Å². The SMILES string of the molecule is CCOC(CNC(=O)c1cccs1)OCC. The Labute approximate surface area is 99.6 Å². The first-order valence-corrected chi connectivity index (χ1v) is 6.20. The Hall–Kier alpha value is -0.910. The Bertz CT molecular complexity index is 294. The van der Waals surface area contributed by atoms with Gasteiger partial charge in [-0.1, -0.05) is 6.07 Å². The van der Waals surface area contributed by atoms with Gasteiger partial charge in [0, 0.05) is 13.2 Å². The van der Waals surface area contributed by atoms with E-state index in [1.165, 1.54) is 11.3 Å². The third kappa shape index (κ3) is 4.30. The lowest BCUT2D eigenvalue weighted by Crippen LogP contribution is -2.35. The lowest BCUT2D eigenvalue weighted by atomic mass is 10.4. The molecule has 90 valence electrons. The molecule has 0 saturated carbocycles. The van der Waals surface area contributed by atoms with E-state index in [0.717, 1.165) is 0 Å². The van der Waals surface area contributed by atoms with Crippen molar-refractivity contribution in [2.24, 2.45) is 0 Å². The number of hydrogen-bond acceptors (Lipinski definition) is 4. The number of thiophene rings is 1. The molecule has 0 aromatic carbocycles. The molecule has 0 bridgehead atoms. The van der Waals surface area contributed by atoms with Gasteiger partial charge in [-0.3, -0.25) is 4.79 Å². The van der Waals surface area contributed by atoms with Gasteiger partial charge in [0.15, 0.2) is 6.29 Å². The molecule has 0 spiro atoms. The van der Waals surface area contributed by atoms with Crippen LogP contribution in [0.3, 0.4) is 0 Å². The van der Waals surface area contributed by atoms with Crippen LogP contribution in [0.5, 0.6) is 0 Å². The number of carbonyl (C=O) groups is 1. The van der Waals surface area contributed by atoms with Crippen molar-refractivity contribution in [1.29, 1.82) is 0 Å². The van der Waals surface area contributed by atoms with Crippen LogP contribution in [0.15, 0.2) is 17.5 Å². The molecule has 0 fully saturated rings. The van der Waals surface area contributed by atoms with Gasteiger partial charge in [0.25, 0.3) is 5.91 Å². The van der Waals surface area contributed by atoms with Gasteiger partial charge in [-0.15, -0.1) is 11.3 Å². The molecular formula is C11H17NO3S. The number of nitrogens with one attached hydrogen (secondary N) is 1. The van der Waals surface area contributed by atoms with E-state index < -0.39 is 0 Å². The minimum atomic E-state index is -0.362. The summed E-state index contributed by atoms with van der Waals surface area (Å²) in [5.74, 6) is -0.0839. The summed E-state index contributed by atoms with van der Waals surface area (Å²) >= 11 is 1.42. The molecule has 1 amide bonds. The molecular weight excluding hydrogens is 226 g/mol. The quantitative estimate of drug-likeness (QED) is 0.744. The molecule has 1 heterocycles. The number of hydrogen-bond donors (Lipinski definition) is 1. The summed E-state index contributed by atoms with van der Waals surface area (Å²) in [4.78, 5) is 12.3. The molecule has 1 rings (SSSR count). The molecule has 1 N–H and O–H groups in total. The van der Waals surface area contributed by atoms with E-state index in [1.54, 1.807) is 6.07 Å². The number of rotatable bonds is 7. The molecule has 0 radical (unpaired) electrons. The minimum Gasteiger partial charge on any atom is -0.351 e. The first kappa shape index (κ1) is 13.2. The number of ether oxygens (including phenoxy) is 2. The molecule has 0 aliphatic rings. The Morgan fingerprint density at radius 1 is 1.44 bits per heavy atom. The van der Waals surface area contributed by atoms with Gasteiger partial charge in [0.05, 0.1) is 11.4 Å². The van der Waals surface area contributed by atoms with Crippen molar-refractivity contribution < 1.29 is 14.3 Å². The number of carbonyl (C=O) groups excluding carboxylic acids is 1. The van der Waals surface area contributed by atoms with Crippen LogP contribution in [0, 0.1) is 0 Å². The zero-order valence-corrected chi connectivity index (χ0v) is 10.4. The second-order valence-corrected chi connectivity index (χ2v) is 3.98. The highest BCUT2D eigenvalue weighted by molar-refractivity contribution is 7.12. The maximum atomic E-state index is 11.6. The molecule has 0 unspecified atom stereocenters. The van der Waals surface area contributed by atoms with E-state index in [-0.39, 0.29) is 12.2 Å². The van der Waals surface area contributed by atoms with Crippen LogP contribution in [0.25, 0.3) is 0 Å². The highest BCUT2D eigenvalue weighted by Crippen LogP contribution is 2.07. The average molecular weight is 243 g/mol. The third-order valence-corrected chi connectivity index (χ3v) is 2.75. The summed E-state index contributed by atoms with van der Waals surface area (Å²) in [7, 11) is 0. The fraction of sp³-hybridized carbons (Fsp3) is 0.545. The van der Waals surface area contributed by atoms with Crippen LogP contribution in [-0.4, -0.2) is 32.0 Å². The van der Waals surface area contributed by atoms with E-state index in [0.29, 0.717) is 24.6 Å². The van der Waals surface area contributed by atoms with Crippen LogP contribution in [0.1, 0.15) is 23.5 Å². The van der Waals surface area contributed by atoms with Gasteiger partial charge in [0.1, 0.15) is 0 Å². The molecule has 0 saturated heterocycles. The van der Waals surface area contributed by atoms with Crippen molar-refractivity contribution in [3.05, 3.63) is 22.4 Å². The summed E-state index contributed by atoms with van der Waals surface area (Å²) in [6.07, 6.45) is -0.362. The third-order valence-electron chi connectivity index (χ3n) is 1.88. The van der Waals surface area contributed by atoms with Crippen LogP contribution in [-0.2, 0) is 9.47 Å². The van der Waals surface area contributed by atoms with E-state index in [9.17, 15) is 4.79 Å². The Balaban J connectivity index is 2.34. The molecule has 1 aromatic heterocycles. The lowest BCUT2D eigenvalue weighted by molar-refractivity contribution is -0.131. The van der Waals surface area contributed by atoms with Crippen molar-refractivity contribution in [3.63, 3.8) is 0 Å². The molecule has 0 atom stereocenters. The first-order valence-electron chi connectivity index (χ1n) is 5.32. The van der Waals surface area contributed by atoms with Gasteiger partial charge in [0.2, 0.25) is 0 Å². The molecule has 1 aromatic rings. The summed E-state index contributed by atoms with van der Waals surface area (Å²) in [5, 5.41) is 4.65. The standard InChI is InChI=1S/C11H17NO3S/c1-3-14-10(15-4-2)8-12-11(13)9-6-5-7-16-9/h5-7,10H,3-4,8H2,1-2H3,(H,12,13). The highest BCUT2D eigenvalue weighted by atomic mass is 32.1. The van der Waals surface area contributed by atoms with Gasteiger partial charge in [-0.25, -0.2) is 0 Å². The predicted molar refractivity (Wildman–Crippen MR) is 63.7 cm³/mol. The highest BCUT2D eigenvalue weighted by Gasteiger charge is 2.11. The minimum absolute atomic E-state index is 0.0839. The van der Waals surface area contributed by atoms with Crippen molar-refractivity contribution in [1.82, 2.24) is 5.32 Å². The van der Waals surface area contributed by atoms with Gasteiger partial charge < -0.3 is 14.8 Å². The Morgan fingerprint density at radius 2 is 2.12 bits per heavy atom. The lowest BCUT2D eigenvalue weighted by Gasteiger charge is -2.16. The Morgan fingerprint density at radius 3 is 2.62 bits per heavy atom. The monoisotopic (exact) mass is 243 g/mol. The molecule has 16 heavy (non-hydrogen) atoms. The zero-order chi connectivity index (χ0) is 11.8. The largest absolute Gasteiger partial charge is 0.351 e. The van der Waals surface area contributed by atoms with Crippen molar-refractivity contribution >= 4 is 17.2 Å². The maximum Gasteiger partial charge on any atom is 0.261 e. The normalized spacial score (nSPS) is 10.7. The topological polar surface area (TPSA) is 47.6 Å². The Kier molecular flexibility index (Phi) is 6.07. The van der Waals surface area contributed by atoms with E-state index in [4.69, 9.17) is 9.47 Å². The number of amides is 1. The van der Waals surface area contributed by atoms with Crippen LogP contribution in [0.2, 0.25) is 0 Å². The average Bonchev–Trinajstić information content (AvgIpc) is 2.79. The zero-order valence-electron chi connectivity index (χ0n) is 9.56. The van der Waals surface area contributed by atoms with E-state index >= 15 is 0 Å². The van der Waals surface area contributed by atoms with Crippen LogP contribution in [0.4, 0.5) is 0 Å². The summed E-state index contributed by atoms with van der Waals surface area (Å²) < 4.78 is 10.6. The molecule has 0 aliphatic carbocycles. The van der Waals surface area contributed by atoms with Gasteiger partial charge >= 0.3 is 0 Å². The van der Waals surface area contributed by atoms with Crippen LogP contribution >= 0.6 is 11.3 Å². The smallest absolute Gasteiger partial charge is 0.261 e. The van der Waals surface area contributed by atoms with E-state index in [2.05, 4.69) is 5.32 Å². The summed E-state index contributed by atoms with van der Waals surface area (Å²) in [5.41, 5.74) is 0. The second-order valence-electron chi connectivity index (χ2n) is 3.03. The van der Waals surface area contributed by atoms with Crippen molar-refractivity contribution in [2.45, 2.75) is 20.1 Å². The van der Waals surface area contributed by atoms with Crippen LogP contribution < -0.4 is 5.32 Å². The maximum absolute atomic E-state index is 11.6. The second kappa shape index (κ2) is 7.38. The summed E-state index contributed by atoms with van der Waals surface area (Å²) in [6.45, 7) is 5.30. The fourth-order valence-electron chi connectivity index (χ4n) is 1.21. The van der Waals surface area contributed by atoms with E-state index in [1.807, 2.05) is 25.3 Å². The molecule has 5 heteroatoms. The molecule has 4 nitrogen and oxygen atoms in total. The fourth-order valence-corrected chi connectivity index (χ4v) is 1.85. The van der Waals surface area contributed by atoms with Crippen molar-refractivity contribution in [3.8, 4) is 0 Å². The first-order chi connectivity index (χ1) is 7.77. The summed E-state index contributed by atoms with van der Waals surface area (Å²) in [6, 6.07) is 3.64. The molecule has 0 aliphatic heterocycles. The van der Waals surface area contributed by atoms with Gasteiger partial charge in [-0.05, 0) is 25.3 Å². The predicted octanol–water partition coefficient (Wildman–Crippen LogP) is 1.88.